The molecule has 9 heteroatoms. The number of methoxy groups -OCH3 is 1. The molecule has 1 atom stereocenters. The lowest BCUT2D eigenvalue weighted by molar-refractivity contribution is -0.122. The van der Waals surface area contributed by atoms with E-state index >= 15 is 0 Å². The van der Waals surface area contributed by atoms with E-state index in [1.165, 1.54) is 23.5 Å². The summed E-state index contributed by atoms with van der Waals surface area (Å²) in [5.74, 6) is -0.411. The number of ether oxygens (including phenoxy) is 1. The average molecular weight is 509 g/mol. The lowest BCUT2D eigenvalue weighted by Gasteiger charge is -2.39. The average Bonchev–Trinajstić information content (AvgIpc) is 3.01. The van der Waals surface area contributed by atoms with Gasteiger partial charge in [-0.15, -0.1) is 0 Å². The molecule has 2 aromatic rings. The fourth-order valence-electron chi connectivity index (χ4n) is 3.59. The molecule has 1 aliphatic rings. The smallest absolute Gasteiger partial charge is 0.252 e. The van der Waals surface area contributed by atoms with Gasteiger partial charge >= 0.3 is 0 Å². The van der Waals surface area contributed by atoms with Crippen molar-refractivity contribution in [2.45, 2.75) is 50.1 Å². The largest absolute Gasteiger partial charge is 0.497 e. The van der Waals surface area contributed by atoms with Gasteiger partial charge in [-0.05, 0) is 68.8 Å². The van der Waals surface area contributed by atoms with Crippen molar-refractivity contribution in [3.05, 3.63) is 53.0 Å². The highest BCUT2D eigenvalue weighted by Gasteiger charge is 2.51. The van der Waals surface area contributed by atoms with Gasteiger partial charge in [0.25, 0.3) is 5.91 Å². The van der Waals surface area contributed by atoms with Crippen molar-refractivity contribution < 1.29 is 22.7 Å². The Labute approximate surface area is 191 Å². The summed E-state index contributed by atoms with van der Waals surface area (Å²) < 4.78 is 34.3. The third-order valence-electron chi connectivity index (χ3n) is 5.57. The number of nitrogens with zero attached hydrogens (tertiary/aromatic N) is 2. The molecule has 1 heterocycles. The molecule has 3 rings (SSSR count). The minimum atomic E-state index is -4.05. The van der Waals surface area contributed by atoms with Gasteiger partial charge in [0, 0.05) is 10.0 Å². The summed E-state index contributed by atoms with van der Waals surface area (Å²) in [5, 5.41) is 0. The Bertz CT molecular complexity index is 1080. The van der Waals surface area contributed by atoms with Crippen LogP contribution in [0.5, 0.6) is 5.75 Å². The Morgan fingerprint density at radius 2 is 1.68 bits per heavy atom. The van der Waals surface area contributed by atoms with Crippen LogP contribution in [0.25, 0.3) is 0 Å². The molecule has 1 fully saturated rings. The lowest BCUT2D eigenvalue weighted by atomic mass is 10.00. The topological polar surface area (TPSA) is 84.0 Å². The molecule has 0 saturated carbocycles. The zero-order valence-electron chi connectivity index (χ0n) is 17.8. The molecule has 0 spiro atoms. The van der Waals surface area contributed by atoms with Crippen LogP contribution in [0, 0.1) is 0 Å². The van der Waals surface area contributed by atoms with E-state index < -0.39 is 33.4 Å². The van der Waals surface area contributed by atoms with Gasteiger partial charge in [0.05, 0.1) is 24.1 Å². The molecule has 0 aliphatic carbocycles. The molecule has 166 valence electrons. The molecule has 2 aromatic carbocycles. The molecule has 0 aromatic heterocycles. The van der Waals surface area contributed by atoms with Crippen molar-refractivity contribution in [3.63, 3.8) is 0 Å². The van der Waals surface area contributed by atoms with Gasteiger partial charge in [-0.2, -0.15) is 4.31 Å². The molecule has 1 unspecified atom stereocenters. The Morgan fingerprint density at radius 1 is 1.10 bits per heavy atom. The van der Waals surface area contributed by atoms with Crippen LogP contribution in [0.15, 0.2) is 57.9 Å². The molecule has 1 aliphatic heterocycles. The van der Waals surface area contributed by atoms with Crippen LogP contribution in [0.3, 0.4) is 0 Å². The minimum Gasteiger partial charge on any atom is -0.497 e. The summed E-state index contributed by atoms with van der Waals surface area (Å²) in [4.78, 5) is 27.3. The first-order chi connectivity index (χ1) is 14.5. The number of carbonyl (C=O) groups is 2. The summed E-state index contributed by atoms with van der Waals surface area (Å²) in [6.07, 6.45) is 0.243. The highest BCUT2D eigenvalue weighted by molar-refractivity contribution is 9.10. The number of hydrogen-bond donors (Lipinski definition) is 0. The first-order valence-electron chi connectivity index (χ1n) is 9.84. The Kier molecular flexibility index (Phi) is 6.59. The second-order valence-corrected chi connectivity index (χ2v) is 10.6. The molecule has 7 nitrogen and oxygen atoms in total. The van der Waals surface area contributed by atoms with Crippen molar-refractivity contribution in [1.82, 2.24) is 4.31 Å². The number of sulfonamides is 1. The first kappa shape index (κ1) is 23.4. The molecule has 2 amide bonds. The number of hydrogen-bond acceptors (Lipinski definition) is 5. The number of imide groups is 1. The van der Waals surface area contributed by atoms with E-state index in [0.717, 1.165) is 9.37 Å². The maximum absolute atomic E-state index is 13.6. The molecule has 0 bridgehead atoms. The molecular weight excluding hydrogens is 484 g/mol. The van der Waals surface area contributed by atoms with Crippen LogP contribution in [0.4, 0.5) is 5.69 Å². The SMILES string of the molecule is CCC(C)(C)N(C1CC(=O)N(c2ccc(OC)cc2)C1=O)S(=O)(=O)c1ccc(Br)cc1. The Balaban J connectivity index is 2.05. The summed E-state index contributed by atoms with van der Waals surface area (Å²) in [7, 11) is -2.53. The number of amides is 2. The third kappa shape index (κ3) is 4.40. The Morgan fingerprint density at radius 3 is 2.19 bits per heavy atom. The highest BCUT2D eigenvalue weighted by Crippen LogP contribution is 2.36. The quantitative estimate of drug-likeness (QED) is 0.528. The number of carbonyl (C=O) groups excluding carboxylic acids is 2. The summed E-state index contributed by atoms with van der Waals surface area (Å²) in [6.45, 7) is 5.38. The van der Waals surface area contributed by atoms with E-state index in [1.54, 1.807) is 50.2 Å². The molecule has 1 saturated heterocycles. The van der Waals surface area contributed by atoms with Crippen LogP contribution in [0.1, 0.15) is 33.6 Å². The standard InChI is InChI=1S/C22H25BrN2O5S/c1-5-22(2,3)25(31(28,29)18-12-6-15(23)7-13-18)19-14-20(26)24(21(19)27)16-8-10-17(30-4)11-9-16/h6-13,19H,5,14H2,1-4H3. The highest BCUT2D eigenvalue weighted by atomic mass is 79.9. The molecule has 0 radical (unpaired) electrons. The van der Waals surface area contributed by atoms with Gasteiger partial charge in [0.15, 0.2) is 0 Å². The van der Waals surface area contributed by atoms with Gasteiger partial charge < -0.3 is 4.74 Å². The van der Waals surface area contributed by atoms with Gasteiger partial charge in [-0.1, -0.05) is 22.9 Å². The van der Waals surface area contributed by atoms with Crippen molar-refractivity contribution in [2.75, 3.05) is 12.0 Å². The fourth-order valence-corrected chi connectivity index (χ4v) is 5.84. The number of rotatable bonds is 7. The third-order valence-corrected chi connectivity index (χ3v) is 8.23. The monoisotopic (exact) mass is 508 g/mol. The van der Waals surface area contributed by atoms with Crippen LogP contribution in [-0.2, 0) is 19.6 Å². The number of anilines is 1. The van der Waals surface area contributed by atoms with Crippen LogP contribution >= 0.6 is 15.9 Å². The van der Waals surface area contributed by atoms with E-state index in [-0.39, 0.29) is 11.3 Å². The lowest BCUT2D eigenvalue weighted by Crippen LogP contribution is -2.55. The summed E-state index contributed by atoms with van der Waals surface area (Å²) in [5.41, 5.74) is -0.504. The van der Waals surface area contributed by atoms with E-state index in [9.17, 15) is 18.0 Å². The van der Waals surface area contributed by atoms with E-state index in [0.29, 0.717) is 17.9 Å². The Hall–Kier alpha value is -2.23. The number of benzene rings is 2. The predicted molar refractivity (Wildman–Crippen MR) is 121 cm³/mol. The zero-order chi connectivity index (χ0) is 23.0. The summed E-state index contributed by atoms with van der Waals surface area (Å²) in [6, 6.07) is 11.6. The normalized spacial score (nSPS) is 17.5. The number of halogens is 1. The second kappa shape index (κ2) is 8.72. The minimum absolute atomic E-state index is 0.0698. The second-order valence-electron chi connectivity index (χ2n) is 7.91. The van der Waals surface area contributed by atoms with E-state index in [2.05, 4.69) is 15.9 Å². The van der Waals surface area contributed by atoms with Gasteiger partial charge in [-0.3, -0.25) is 9.59 Å². The first-order valence-corrected chi connectivity index (χ1v) is 12.1. The zero-order valence-corrected chi connectivity index (χ0v) is 20.2. The van der Waals surface area contributed by atoms with Crippen LogP contribution in [0.2, 0.25) is 0 Å². The van der Waals surface area contributed by atoms with Crippen LogP contribution in [-0.4, -0.2) is 43.2 Å². The van der Waals surface area contributed by atoms with Crippen LogP contribution < -0.4 is 9.64 Å². The van der Waals surface area contributed by atoms with Crippen molar-refractivity contribution >= 4 is 43.5 Å². The fraction of sp³-hybridized carbons (Fsp3) is 0.364. The summed E-state index contributed by atoms with van der Waals surface area (Å²) >= 11 is 3.31. The molecular formula is C22H25BrN2O5S. The van der Waals surface area contributed by atoms with Gasteiger partial charge in [0.1, 0.15) is 11.8 Å². The van der Waals surface area contributed by atoms with Crippen molar-refractivity contribution in [2.24, 2.45) is 0 Å². The van der Waals surface area contributed by atoms with E-state index in [1.807, 2.05) is 6.92 Å². The molecule has 0 N–H and O–H groups in total. The maximum atomic E-state index is 13.6. The van der Waals surface area contributed by atoms with Crippen molar-refractivity contribution in [3.8, 4) is 5.75 Å². The van der Waals surface area contributed by atoms with Gasteiger partial charge in [-0.25, -0.2) is 13.3 Å². The predicted octanol–water partition coefficient (Wildman–Crippen LogP) is 3.97. The maximum Gasteiger partial charge on any atom is 0.252 e. The molecule has 31 heavy (non-hydrogen) atoms. The van der Waals surface area contributed by atoms with Gasteiger partial charge in [0.2, 0.25) is 15.9 Å². The van der Waals surface area contributed by atoms with Crippen molar-refractivity contribution in [1.29, 1.82) is 0 Å². The van der Waals surface area contributed by atoms with E-state index in [4.69, 9.17) is 4.74 Å².